The lowest BCUT2D eigenvalue weighted by atomic mass is 10.3. The Balaban J connectivity index is 2.60. The number of anilines is 1. The molecule has 4 nitrogen and oxygen atoms in total. The van der Waals surface area contributed by atoms with E-state index in [0.717, 1.165) is 11.4 Å². The number of carbonyl (C=O) groups is 1. The van der Waals surface area contributed by atoms with Crippen LogP contribution in [0.1, 0.15) is 12.5 Å². The standard InChI is InChI=1S/C11H16N2O2/c1-4-15-11(14)8-13(3)10-7-9(2)5-6-12-10/h5-7H,4,8H2,1-3H3. The fraction of sp³-hybridized carbons (Fsp3) is 0.455. The van der Waals surface area contributed by atoms with Gasteiger partial charge in [-0.15, -0.1) is 0 Å². The number of aryl methyl sites for hydroxylation is 1. The molecule has 1 heterocycles. The summed E-state index contributed by atoms with van der Waals surface area (Å²) < 4.78 is 4.86. The average molecular weight is 208 g/mol. The van der Waals surface area contributed by atoms with Gasteiger partial charge in [-0.1, -0.05) is 0 Å². The fourth-order valence-corrected chi connectivity index (χ4v) is 1.21. The van der Waals surface area contributed by atoms with Gasteiger partial charge < -0.3 is 9.64 Å². The van der Waals surface area contributed by atoms with Gasteiger partial charge in [0.25, 0.3) is 0 Å². The van der Waals surface area contributed by atoms with Gasteiger partial charge in [0.05, 0.1) is 6.61 Å². The predicted molar refractivity (Wildman–Crippen MR) is 58.9 cm³/mol. The van der Waals surface area contributed by atoms with E-state index in [2.05, 4.69) is 4.98 Å². The van der Waals surface area contributed by atoms with Crippen LogP contribution in [-0.4, -0.2) is 31.2 Å². The summed E-state index contributed by atoms with van der Waals surface area (Å²) in [5.74, 6) is 0.548. The van der Waals surface area contributed by atoms with Crippen LogP contribution >= 0.6 is 0 Å². The molecule has 0 spiro atoms. The van der Waals surface area contributed by atoms with Crippen molar-refractivity contribution in [1.82, 2.24) is 4.98 Å². The largest absolute Gasteiger partial charge is 0.465 e. The molecule has 0 aliphatic heterocycles. The number of hydrogen-bond donors (Lipinski definition) is 0. The van der Waals surface area contributed by atoms with Crippen LogP contribution in [0.4, 0.5) is 5.82 Å². The first-order chi connectivity index (χ1) is 7.13. The van der Waals surface area contributed by atoms with Crippen molar-refractivity contribution in [3.8, 4) is 0 Å². The summed E-state index contributed by atoms with van der Waals surface area (Å²) in [5.41, 5.74) is 1.12. The van der Waals surface area contributed by atoms with Crippen molar-refractivity contribution in [3.05, 3.63) is 23.9 Å². The van der Waals surface area contributed by atoms with Crippen molar-refractivity contribution in [1.29, 1.82) is 0 Å². The molecule has 0 radical (unpaired) electrons. The van der Waals surface area contributed by atoms with Gasteiger partial charge in [0.15, 0.2) is 0 Å². The first kappa shape index (κ1) is 11.5. The Morgan fingerprint density at radius 2 is 2.33 bits per heavy atom. The Hall–Kier alpha value is -1.58. The van der Waals surface area contributed by atoms with Crippen molar-refractivity contribution in [2.45, 2.75) is 13.8 Å². The highest BCUT2D eigenvalue weighted by molar-refractivity contribution is 5.75. The lowest BCUT2D eigenvalue weighted by molar-refractivity contribution is -0.141. The van der Waals surface area contributed by atoms with Gasteiger partial charge in [0.2, 0.25) is 0 Å². The topological polar surface area (TPSA) is 42.4 Å². The maximum absolute atomic E-state index is 11.2. The van der Waals surface area contributed by atoms with E-state index in [4.69, 9.17) is 4.74 Å². The maximum atomic E-state index is 11.2. The molecule has 0 unspecified atom stereocenters. The molecule has 0 saturated carbocycles. The molecular weight excluding hydrogens is 192 g/mol. The summed E-state index contributed by atoms with van der Waals surface area (Å²) in [5, 5.41) is 0. The van der Waals surface area contributed by atoms with E-state index in [1.54, 1.807) is 18.0 Å². The first-order valence-electron chi connectivity index (χ1n) is 4.93. The SMILES string of the molecule is CCOC(=O)CN(C)c1cc(C)ccn1. The molecule has 0 atom stereocenters. The molecule has 0 aromatic carbocycles. The number of hydrogen-bond acceptors (Lipinski definition) is 4. The Bertz CT molecular complexity index is 339. The van der Waals surface area contributed by atoms with E-state index in [1.807, 2.05) is 26.1 Å². The van der Waals surface area contributed by atoms with Gasteiger partial charge in [-0.25, -0.2) is 4.98 Å². The van der Waals surface area contributed by atoms with Gasteiger partial charge >= 0.3 is 5.97 Å². The highest BCUT2D eigenvalue weighted by Gasteiger charge is 2.08. The van der Waals surface area contributed by atoms with E-state index in [0.29, 0.717) is 6.61 Å². The maximum Gasteiger partial charge on any atom is 0.325 e. The lowest BCUT2D eigenvalue weighted by Gasteiger charge is -2.16. The van der Waals surface area contributed by atoms with Crippen LogP contribution in [0.2, 0.25) is 0 Å². The monoisotopic (exact) mass is 208 g/mol. The van der Waals surface area contributed by atoms with Crippen LogP contribution in [0, 0.1) is 6.92 Å². The molecule has 1 aromatic rings. The fourth-order valence-electron chi connectivity index (χ4n) is 1.21. The number of esters is 1. The molecule has 0 aliphatic rings. The van der Waals surface area contributed by atoms with E-state index in [1.165, 1.54) is 0 Å². The minimum atomic E-state index is -0.233. The van der Waals surface area contributed by atoms with Gasteiger partial charge in [-0.2, -0.15) is 0 Å². The highest BCUT2D eigenvalue weighted by Crippen LogP contribution is 2.09. The second kappa shape index (κ2) is 5.34. The number of nitrogens with zero attached hydrogens (tertiary/aromatic N) is 2. The molecule has 15 heavy (non-hydrogen) atoms. The number of rotatable bonds is 4. The van der Waals surface area contributed by atoms with Crippen molar-refractivity contribution in [2.24, 2.45) is 0 Å². The predicted octanol–water partition coefficient (Wildman–Crippen LogP) is 1.39. The van der Waals surface area contributed by atoms with Gasteiger partial charge in [-0.05, 0) is 31.5 Å². The summed E-state index contributed by atoms with van der Waals surface area (Å²) >= 11 is 0. The van der Waals surface area contributed by atoms with Crippen LogP contribution in [0.5, 0.6) is 0 Å². The second-order valence-electron chi connectivity index (χ2n) is 3.35. The zero-order valence-electron chi connectivity index (χ0n) is 9.36. The summed E-state index contributed by atoms with van der Waals surface area (Å²) in [6.45, 7) is 4.42. The number of pyridine rings is 1. The normalized spacial score (nSPS) is 9.80. The molecule has 0 aliphatic carbocycles. The van der Waals surface area contributed by atoms with Crippen molar-refractivity contribution in [2.75, 3.05) is 25.1 Å². The van der Waals surface area contributed by atoms with Crippen LogP contribution in [0.3, 0.4) is 0 Å². The van der Waals surface area contributed by atoms with E-state index in [9.17, 15) is 4.79 Å². The van der Waals surface area contributed by atoms with E-state index < -0.39 is 0 Å². The van der Waals surface area contributed by atoms with Crippen LogP contribution in [-0.2, 0) is 9.53 Å². The third-order valence-electron chi connectivity index (χ3n) is 1.96. The molecule has 0 N–H and O–H groups in total. The minimum absolute atomic E-state index is 0.226. The van der Waals surface area contributed by atoms with Gasteiger partial charge in [-0.3, -0.25) is 4.79 Å². The number of aromatic nitrogens is 1. The molecule has 82 valence electrons. The van der Waals surface area contributed by atoms with E-state index >= 15 is 0 Å². The summed E-state index contributed by atoms with van der Waals surface area (Å²) in [4.78, 5) is 17.2. The summed E-state index contributed by atoms with van der Waals surface area (Å²) in [7, 11) is 1.82. The molecule has 1 aromatic heterocycles. The summed E-state index contributed by atoms with van der Waals surface area (Å²) in [6.07, 6.45) is 1.73. The lowest BCUT2D eigenvalue weighted by Crippen LogP contribution is -2.27. The van der Waals surface area contributed by atoms with Crippen molar-refractivity contribution < 1.29 is 9.53 Å². The molecular formula is C11H16N2O2. The number of likely N-dealkylation sites (N-methyl/N-ethyl adjacent to an activating group) is 1. The van der Waals surface area contributed by atoms with Gasteiger partial charge in [0, 0.05) is 13.2 Å². The van der Waals surface area contributed by atoms with Crippen LogP contribution in [0.15, 0.2) is 18.3 Å². The third kappa shape index (κ3) is 3.58. The highest BCUT2D eigenvalue weighted by atomic mass is 16.5. The summed E-state index contributed by atoms with van der Waals surface area (Å²) in [6, 6.07) is 3.85. The second-order valence-corrected chi connectivity index (χ2v) is 3.35. The Labute approximate surface area is 89.9 Å². The number of ether oxygens (including phenoxy) is 1. The molecule has 0 amide bonds. The average Bonchev–Trinajstić information content (AvgIpc) is 2.18. The molecule has 4 heteroatoms. The Kier molecular flexibility index (Phi) is 4.09. The van der Waals surface area contributed by atoms with Gasteiger partial charge in [0.1, 0.15) is 12.4 Å². The Morgan fingerprint density at radius 1 is 1.60 bits per heavy atom. The van der Waals surface area contributed by atoms with Crippen LogP contribution in [0.25, 0.3) is 0 Å². The first-order valence-corrected chi connectivity index (χ1v) is 4.93. The van der Waals surface area contributed by atoms with E-state index in [-0.39, 0.29) is 12.5 Å². The minimum Gasteiger partial charge on any atom is -0.465 e. The number of carbonyl (C=O) groups excluding carboxylic acids is 1. The van der Waals surface area contributed by atoms with Crippen molar-refractivity contribution in [3.63, 3.8) is 0 Å². The molecule has 0 bridgehead atoms. The Morgan fingerprint density at radius 3 is 2.93 bits per heavy atom. The quantitative estimate of drug-likeness (QED) is 0.701. The molecule has 1 rings (SSSR count). The molecule has 0 saturated heterocycles. The smallest absolute Gasteiger partial charge is 0.325 e. The van der Waals surface area contributed by atoms with Crippen molar-refractivity contribution >= 4 is 11.8 Å². The zero-order valence-corrected chi connectivity index (χ0v) is 9.36. The molecule has 0 fully saturated rings. The van der Waals surface area contributed by atoms with Crippen LogP contribution < -0.4 is 4.90 Å². The zero-order chi connectivity index (χ0) is 11.3. The third-order valence-corrected chi connectivity index (χ3v) is 1.96.